The van der Waals surface area contributed by atoms with Gasteiger partial charge in [-0.1, -0.05) is 17.7 Å². The van der Waals surface area contributed by atoms with Crippen LogP contribution in [0.2, 0.25) is 0 Å². The molecule has 2 rings (SSSR count). The number of aliphatic carboxylic acids is 1. The third kappa shape index (κ3) is 2.59. The summed E-state index contributed by atoms with van der Waals surface area (Å²) in [7, 11) is 0. The molecule has 0 saturated carbocycles. The molecule has 1 aromatic rings. The molecule has 0 spiro atoms. The normalized spacial score (nSPS) is 15.4. The molecule has 0 aliphatic carbocycles. The smallest absolute Gasteiger partial charge is 0.331 e. The number of carboxylic acids is 1. The zero-order chi connectivity index (χ0) is 14.9. The van der Waals surface area contributed by atoms with Gasteiger partial charge in [0.15, 0.2) is 0 Å². The second-order valence-electron chi connectivity index (χ2n) is 5.25. The van der Waals surface area contributed by atoms with Crippen LogP contribution in [0.4, 0.5) is 5.69 Å². The number of carbonyl (C=O) groups excluding carboxylic acids is 1. The van der Waals surface area contributed by atoms with E-state index in [4.69, 9.17) is 5.11 Å². The van der Waals surface area contributed by atoms with E-state index < -0.39 is 5.97 Å². The molecule has 1 aliphatic rings. The standard InChI is InChI=1S/C16H19NO3/c1-10-6-7-14-13(9-10)5-4-8-17(14)15(18)11(2)12(3)16(19)20/h6-7,9H,4-5,8H2,1-3H3,(H,19,20). The summed E-state index contributed by atoms with van der Waals surface area (Å²) in [5.41, 5.74) is 3.64. The van der Waals surface area contributed by atoms with Gasteiger partial charge in [0.25, 0.3) is 5.91 Å². The van der Waals surface area contributed by atoms with Crippen molar-refractivity contribution in [1.29, 1.82) is 0 Å². The Bertz CT molecular complexity index is 602. The molecule has 0 aromatic heterocycles. The first kappa shape index (κ1) is 14.3. The van der Waals surface area contributed by atoms with Crippen LogP contribution in [-0.2, 0) is 16.0 Å². The number of anilines is 1. The van der Waals surface area contributed by atoms with E-state index in [0.29, 0.717) is 12.1 Å². The van der Waals surface area contributed by atoms with Gasteiger partial charge in [0, 0.05) is 23.4 Å². The lowest BCUT2D eigenvalue weighted by molar-refractivity contribution is -0.133. The fourth-order valence-electron chi connectivity index (χ4n) is 2.46. The molecule has 1 heterocycles. The molecule has 1 aromatic carbocycles. The van der Waals surface area contributed by atoms with Gasteiger partial charge in [-0.2, -0.15) is 0 Å². The minimum atomic E-state index is -1.04. The highest BCUT2D eigenvalue weighted by Gasteiger charge is 2.25. The second kappa shape index (κ2) is 5.49. The summed E-state index contributed by atoms with van der Waals surface area (Å²) in [5, 5.41) is 9.00. The summed E-state index contributed by atoms with van der Waals surface area (Å²) < 4.78 is 0. The van der Waals surface area contributed by atoms with Crippen molar-refractivity contribution in [3.8, 4) is 0 Å². The Hall–Kier alpha value is -2.10. The van der Waals surface area contributed by atoms with E-state index in [1.807, 2.05) is 19.1 Å². The molecule has 4 heteroatoms. The molecule has 0 bridgehead atoms. The largest absolute Gasteiger partial charge is 0.478 e. The van der Waals surface area contributed by atoms with Crippen LogP contribution < -0.4 is 4.90 Å². The second-order valence-corrected chi connectivity index (χ2v) is 5.25. The number of benzene rings is 1. The summed E-state index contributed by atoms with van der Waals surface area (Å²) in [6, 6.07) is 6.02. The Morgan fingerprint density at radius 3 is 2.55 bits per heavy atom. The molecule has 1 aliphatic heterocycles. The number of carbonyl (C=O) groups is 2. The predicted molar refractivity (Wildman–Crippen MR) is 77.9 cm³/mol. The third-order valence-corrected chi connectivity index (χ3v) is 3.80. The molecule has 4 nitrogen and oxygen atoms in total. The molecule has 1 amide bonds. The molecule has 1 N–H and O–H groups in total. The third-order valence-electron chi connectivity index (χ3n) is 3.80. The summed E-state index contributed by atoms with van der Waals surface area (Å²) in [6.07, 6.45) is 1.86. The minimum absolute atomic E-state index is 0.106. The highest BCUT2D eigenvalue weighted by molar-refractivity contribution is 6.09. The van der Waals surface area contributed by atoms with Crippen LogP contribution in [0.3, 0.4) is 0 Å². The Morgan fingerprint density at radius 2 is 1.90 bits per heavy atom. The van der Waals surface area contributed by atoms with Gasteiger partial charge < -0.3 is 10.0 Å². The van der Waals surface area contributed by atoms with E-state index in [2.05, 4.69) is 6.07 Å². The van der Waals surface area contributed by atoms with Crippen LogP contribution >= 0.6 is 0 Å². The lowest BCUT2D eigenvalue weighted by Crippen LogP contribution is -2.36. The van der Waals surface area contributed by atoms with Crippen molar-refractivity contribution in [2.24, 2.45) is 0 Å². The number of fused-ring (bicyclic) bond motifs is 1. The van der Waals surface area contributed by atoms with Gasteiger partial charge in [-0.3, -0.25) is 4.79 Å². The number of hydrogen-bond donors (Lipinski definition) is 1. The fraction of sp³-hybridized carbons (Fsp3) is 0.375. The van der Waals surface area contributed by atoms with Crippen molar-refractivity contribution < 1.29 is 14.7 Å². The molecule has 106 valence electrons. The van der Waals surface area contributed by atoms with E-state index in [1.54, 1.807) is 11.8 Å². The molecular weight excluding hydrogens is 254 g/mol. The van der Waals surface area contributed by atoms with Gasteiger partial charge in [0.05, 0.1) is 0 Å². The quantitative estimate of drug-likeness (QED) is 0.843. The number of amides is 1. The number of rotatable bonds is 2. The van der Waals surface area contributed by atoms with E-state index >= 15 is 0 Å². The topological polar surface area (TPSA) is 57.6 Å². The summed E-state index contributed by atoms with van der Waals surface area (Å²) >= 11 is 0. The van der Waals surface area contributed by atoms with Crippen molar-refractivity contribution in [3.05, 3.63) is 40.5 Å². The van der Waals surface area contributed by atoms with Gasteiger partial charge in [-0.05, 0) is 45.2 Å². The first-order valence-electron chi connectivity index (χ1n) is 6.74. The first-order chi connectivity index (χ1) is 9.41. The zero-order valence-corrected chi connectivity index (χ0v) is 12.1. The van der Waals surface area contributed by atoms with Crippen molar-refractivity contribution in [3.63, 3.8) is 0 Å². The fourth-order valence-corrected chi connectivity index (χ4v) is 2.46. The zero-order valence-electron chi connectivity index (χ0n) is 12.1. The molecule has 0 atom stereocenters. The van der Waals surface area contributed by atoms with E-state index in [0.717, 1.165) is 24.1 Å². The molecule has 0 fully saturated rings. The maximum atomic E-state index is 12.5. The van der Waals surface area contributed by atoms with Gasteiger partial charge >= 0.3 is 5.97 Å². The van der Waals surface area contributed by atoms with Gasteiger partial charge in [0.1, 0.15) is 0 Å². The van der Waals surface area contributed by atoms with Crippen LogP contribution in [0.15, 0.2) is 29.3 Å². The molecule has 0 unspecified atom stereocenters. The summed E-state index contributed by atoms with van der Waals surface area (Å²) in [6.45, 7) is 5.71. The van der Waals surface area contributed by atoms with Crippen LogP contribution in [0.25, 0.3) is 0 Å². The molecule has 20 heavy (non-hydrogen) atoms. The lowest BCUT2D eigenvalue weighted by Gasteiger charge is -2.30. The van der Waals surface area contributed by atoms with Crippen LogP contribution in [0.5, 0.6) is 0 Å². The average Bonchev–Trinajstić information content (AvgIpc) is 2.43. The molecular formula is C16H19NO3. The van der Waals surface area contributed by atoms with E-state index in [1.165, 1.54) is 12.5 Å². The monoisotopic (exact) mass is 273 g/mol. The number of hydrogen-bond acceptors (Lipinski definition) is 2. The first-order valence-corrected chi connectivity index (χ1v) is 6.74. The summed E-state index contributed by atoms with van der Waals surface area (Å²) in [4.78, 5) is 25.2. The Kier molecular flexibility index (Phi) is 3.93. The number of aryl methyl sites for hydroxylation is 2. The van der Waals surface area contributed by atoms with E-state index in [-0.39, 0.29) is 11.5 Å². The van der Waals surface area contributed by atoms with Crippen molar-refractivity contribution in [1.82, 2.24) is 0 Å². The Morgan fingerprint density at radius 1 is 1.20 bits per heavy atom. The van der Waals surface area contributed by atoms with Crippen molar-refractivity contribution in [2.45, 2.75) is 33.6 Å². The van der Waals surface area contributed by atoms with Crippen molar-refractivity contribution >= 4 is 17.6 Å². The van der Waals surface area contributed by atoms with Crippen LogP contribution in [0, 0.1) is 6.92 Å². The lowest BCUT2D eigenvalue weighted by atomic mass is 9.98. The predicted octanol–water partition coefficient (Wildman–Crippen LogP) is 2.70. The number of nitrogens with zero attached hydrogens (tertiary/aromatic N) is 1. The van der Waals surface area contributed by atoms with Gasteiger partial charge in [0.2, 0.25) is 0 Å². The Balaban J connectivity index is 2.39. The number of carboxylic acid groups (broad SMARTS) is 1. The maximum absolute atomic E-state index is 12.5. The average molecular weight is 273 g/mol. The van der Waals surface area contributed by atoms with Crippen LogP contribution in [-0.4, -0.2) is 23.5 Å². The van der Waals surface area contributed by atoms with Gasteiger partial charge in [-0.15, -0.1) is 0 Å². The maximum Gasteiger partial charge on any atom is 0.331 e. The minimum Gasteiger partial charge on any atom is -0.478 e. The molecule has 0 saturated heterocycles. The molecule has 0 radical (unpaired) electrons. The SMILES string of the molecule is CC(C(=O)O)=C(C)C(=O)N1CCCc2cc(C)ccc21. The highest BCUT2D eigenvalue weighted by Crippen LogP contribution is 2.29. The van der Waals surface area contributed by atoms with Crippen LogP contribution in [0.1, 0.15) is 31.4 Å². The Labute approximate surface area is 118 Å². The van der Waals surface area contributed by atoms with E-state index in [9.17, 15) is 9.59 Å². The van der Waals surface area contributed by atoms with Crippen molar-refractivity contribution in [2.75, 3.05) is 11.4 Å². The highest BCUT2D eigenvalue weighted by atomic mass is 16.4. The summed E-state index contributed by atoms with van der Waals surface area (Å²) in [5.74, 6) is -1.26. The van der Waals surface area contributed by atoms with Gasteiger partial charge in [-0.25, -0.2) is 4.79 Å².